The number of aromatic nitrogens is 3. The number of likely N-dealkylation sites (tertiary alicyclic amines) is 1. The molecule has 4 rings (SSSR count). The lowest BCUT2D eigenvalue weighted by Gasteiger charge is -2.31. The van der Waals surface area contributed by atoms with Gasteiger partial charge in [0.05, 0.1) is 4.92 Å². The highest BCUT2D eigenvalue weighted by atomic mass is 16.6. The summed E-state index contributed by atoms with van der Waals surface area (Å²) >= 11 is 0. The van der Waals surface area contributed by atoms with Crippen molar-refractivity contribution in [3.05, 3.63) is 82.4 Å². The van der Waals surface area contributed by atoms with Crippen LogP contribution in [0.15, 0.2) is 61.2 Å². The number of ketones is 1. The molecule has 152 valence electrons. The SMILES string of the molecule is O=C(c1ccccc1)C1CCN(C(=O)c2ccc(-n3cncn3)c([N+](=O)[O-])c2)CC1. The number of hydrogen-bond acceptors (Lipinski definition) is 6. The van der Waals surface area contributed by atoms with Crippen molar-refractivity contribution in [1.82, 2.24) is 19.7 Å². The van der Waals surface area contributed by atoms with Crippen molar-refractivity contribution >= 4 is 17.4 Å². The standard InChI is InChI=1S/C21H19N5O4/c27-20(15-4-2-1-3-5-15)16-8-10-24(11-9-16)21(28)17-6-7-18(19(12-17)26(29)30)25-14-22-13-23-25/h1-7,12-14,16H,8-11H2. The minimum absolute atomic E-state index is 0.0931. The van der Waals surface area contributed by atoms with Crippen LogP contribution < -0.4 is 0 Å². The van der Waals surface area contributed by atoms with Gasteiger partial charge in [0.25, 0.3) is 11.6 Å². The molecule has 3 aromatic rings. The first-order valence-corrected chi connectivity index (χ1v) is 9.56. The Kier molecular flexibility index (Phi) is 5.34. The minimum Gasteiger partial charge on any atom is -0.339 e. The van der Waals surface area contributed by atoms with Gasteiger partial charge < -0.3 is 4.90 Å². The molecule has 1 aromatic heterocycles. The zero-order chi connectivity index (χ0) is 21.1. The van der Waals surface area contributed by atoms with Gasteiger partial charge in [0, 0.05) is 36.2 Å². The molecule has 9 heteroatoms. The summed E-state index contributed by atoms with van der Waals surface area (Å²) in [4.78, 5) is 41.9. The summed E-state index contributed by atoms with van der Waals surface area (Å²) in [5.74, 6) is -0.315. The number of hydrogen-bond donors (Lipinski definition) is 0. The van der Waals surface area contributed by atoms with Crippen LogP contribution in [-0.2, 0) is 0 Å². The quantitative estimate of drug-likeness (QED) is 0.367. The molecule has 0 bridgehead atoms. The summed E-state index contributed by atoms with van der Waals surface area (Å²) in [5, 5.41) is 15.4. The van der Waals surface area contributed by atoms with Crippen molar-refractivity contribution in [3.63, 3.8) is 0 Å². The molecule has 1 fully saturated rings. The Labute approximate surface area is 172 Å². The highest BCUT2D eigenvalue weighted by Gasteiger charge is 2.29. The zero-order valence-electron chi connectivity index (χ0n) is 16.0. The van der Waals surface area contributed by atoms with Gasteiger partial charge in [-0.15, -0.1) is 0 Å². The van der Waals surface area contributed by atoms with Crippen molar-refractivity contribution in [2.75, 3.05) is 13.1 Å². The van der Waals surface area contributed by atoms with Gasteiger partial charge in [-0.1, -0.05) is 30.3 Å². The number of nitro groups is 1. The van der Waals surface area contributed by atoms with E-state index in [2.05, 4.69) is 10.1 Å². The van der Waals surface area contributed by atoms with Crippen LogP contribution in [-0.4, -0.2) is 49.4 Å². The van der Waals surface area contributed by atoms with Gasteiger partial charge >= 0.3 is 0 Å². The van der Waals surface area contributed by atoms with Crippen LogP contribution in [0.2, 0.25) is 0 Å². The lowest BCUT2D eigenvalue weighted by molar-refractivity contribution is -0.384. The van der Waals surface area contributed by atoms with Crippen molar-refractivity contribution in [2.24, 2.45) is 5.92 Å². The van der Waals surface area contributed by atoms with E-state index in [9.17, 15) is 19.7 Å². The molecule has 0 spiro atoms. The van der Waals surface area contributed by atoms with Crippen LogP contribution in [0.3, 0.4) is 0 Å². The number of amides is 1. The third-order valence-corrected chi connectivity index (χ3v) is 5.30. The van der Waals surface area contributed by atoms with Gasteiger partial charge in [0.2, 0.25) is 0 Å². The maximum Gasteiger partial charge on any atom is 0.295 e. The fraction of sp³-hybridized carbons (Fsp3) is 0.238. The Hall–Kier alpha value is -3.88. The molecule has 1 aliphatic rings. The van der Waals surface area contributed by atoms with E-state index in [1.807, 2.05) is 18.2 Å². The number of carbonyl (C=O) groups excluding carboxylic acids is 2. The Bertz CT molecular complexity index is 1070. The maximum atomic E-state index is 12.9. The number of benzene rings is 2. The lowest BCUT2D eigenvalue weighted by atomic mass is 9.88. The molecule has 0 N–H and O–H groups in total. The number of Topliss-reactive ketones (excluding diaryl/α,β-unsaturated/α-hetero) is 1. The molecule has 1 aliphatic heterocycles. The first-order chi connectivity index (χ1) is 14.5. The van der Waals surface area contributed by atoms with Gasteiger partial charge in [-0.3, -0.25) is 19.7 Å². The predicted octanol–water partition coefficient (Wildman–Crippen LogP) is 2.91. The predicted molar refractivity (Wildman–Crippen MR) is 107 cm³/mol. The summed E-state index contributed by atoms with van der Waals surface area (Å²) in [6.45, 7) is 0.862. The number of carbonyl (C=O) groups is 2. The average molecular weight is 405 g/mol. The molecule has 0 atom stereocenters. The van der Waals surface area contributed by atoms with Crippen LogP contribution in [0, 0.1) is 16.0 Å². The average Bonchev–Trinajstić information content (AvgIpc) is 3.33. The van der Waals surface area contributed by atoms with Crippen LogP contribution in [0.5, 0.6) is 0 Å². The van der Waals surface area contributed by atoms with E-state index in [1.165, 1.54) is 29.5 Å². The van der Waals surface area contributed by atoms with Crippen molar-refractivity contribution in [1.29, 1.82) is 0 Å². The van der Waals surface area contributed by atoms with Gasteiger partial charge in [0.15, 0.2) is 5.78 Å². The van der Waals surface area contributed by atoms with Crippen LogP contribution >= 0.6 is 0 Å². The van der Waals surface area contributed by atoms with Crippen molar-refractivity contribution in [2.45, 2.75) is 12.8 Å². The van der Waals surface area contributed by atoms with Gasteiger partial charge in [-0.05, 0) is 25.0 Å². The van der Waals surface area contributed by atoms with Crippen molar-refractivity contribution < 1.29 is 14.5 Å². The monoisotopic (exact) mass is 405 g/mol. The van der Waals surface area contributed by atoms with E-state index in [0.717, 1.165) is 0 Å². The summed E-state index contributed by atoms with van der Waals surface area (Å²) in [5.41, 5.74) is 0.932. The molecule has 0 unspecified atom stereocenters. The lowest BCUT2D eigenvalue weighted by Crippen LogP contribution is -2.40. The van der Waals surface area contributed by atoms with E-state index < -0.39 is 4.92 Å². The Morgan fingerprint density at radius 3 is 2.40 bits per heavy atom. The smallest absolute Gasteiger partial charge is 0.295 e. The minimum atomic E-state index is -0.543. The second kappa shape index (κ2) is 8.24. The van der Waals surface area contributed by atoms with E-state index in [1.54, 1.807) is 23.1 Å². The Morgan fingerprint density at radius 2 is 1.77 bits per heavy atom. The highest BCUT2D eigenvalue weighted by molar-refractivity contribution is 5.98. The summed E-state index contributed by atoms with van der Waals surface area (Å²) in [6.07, 6.45) is 3.78. The molecule has 2 heterocycles. The first kappa shape index (κ1) is 19.4. The number of piperidine rings is 1. The number of rotatable bonds is 5. The second-order valence-corrected chi connectivity index (χ2v) is 7.10. The molecule has 0 aliphatic carbocycles. The number of nitrogens with zero attached hydrogens (tertiary/aromatic N) is 5. The van der Waals surface area contributed by atoms with Crippen LogP contribution in [0.1, 0.15) is 33.6 Å². The second-order valence-electron chi connectivity index (χ2n) is 7.10. The van der Waals surface area contributed by atoms with E-state index in [4.69, 9.17) is 0 Å². The Morgan fingerprint density at radius 1 is 1.03 bits per heavy atom. The highest BCUT2D eigenvalue weighted by Crippen LogP contribution is 2.26. The third kappa shape index (κ3) is 3.82. The summed E-state index contributed by atoms with van der Waals surface area (Å²) in [7, 11) is 0. The van der Waals surface area contributed by atoms with E-state index in [0.29, 0.717) is 31.5 Å². The van der Waals surface area contributed by atoms with Gasteiger partial charge in [-0.25, -0.2) is 9.67 Å². The normalized spacial score (nSPS) is 14.5. The molecule has 30 heavy (non-hydrogen) atoms. The fourth-order valence-electron chi connectivity index (χ4n) is 3.69. The first-order valence-electron chi connectivity index (χ1n) is 9.56. The molecule has 1 saturated heterocycles. The Balaban J connectivity index is 1.47. The summed E-state index contributed by atoms with van der Waals surface area (Å²) in [6, 6.07) is 13.4. The zero-order valence-corrected chi connectivity index (χ0v) is 16.0. The third-order valence-electron chi connectivity index (χ3n) is 5.30. The molecule has 9 nitrogen and oxygen atoms in total. The molecule has 0 radical (unpaired) electrons. The van der Waals surface area contributed by atoms with Gasteiger partial charge in [0.1, 0.15) is 18.3 Å². The summed E-state index contributed by atoms with van der Waals surface area (Å²) < 4.78 is 1.28. The molecule has 2 aromatic carbocycles. The van der Waals surface area contributed by atoms with E-state index in [-0.39, 0.29) is 34.5 Å². The van der Waals surface area contributed by atoms with Crippen LogP contribution in [0.4, 0.5) is 5.69 Å². The van der Waals surface area contributed by atoms with Crippen molar-refractivity contribution in [3.8, 4) is 5.69 Å². The number of nitro benzene ring substituents is 1. The largest absolute Gasteiger partial charge is 0.339 e. The fourth-order valence-corrected chi connectivity index (χ4v) is 3.69. The molecule has 1 amide bonds. The topological polar surface area (TPSA) is 111 Å². The van der Waals surface area contributed by atoms with E-state index >= 15 is 0 Å². The molecular formula is C21H19N5O4. The maximum absolute atomic E-state index is 12.9. The van der Waals surface area contributed by atoms with Gasteiger partial charge in [-0.2, -0.15) is 5.10 Å². The molecular weight excluding hydrogens is 386 g/mol. The van der Waals surface area contributed by atoms with Crippen LogP contribution in [0.25, 0.3) is 5.69 Å². The molecule has 0 saturated carbocycles.